The highest BCUT2D eigenvalue weighted by Crippen LogP contribution is 2.31. The van der Waals surface area contributed by atoms with Crippen molar-refractivity contribution < 1.29 is 36.3 Å². The van der Waals surface area contributed by atoms with Gasteiger partial charge in [-0.15, -0.1) is 11.8 Å². The molecular weight excluding hydrogens is 627 g/mol. The van der Waals surface area contributed by atoms with E-state index in [1.807, 2.05) is 39.0 Å². The fourth-order valence-corrected chi connectivity index (χ4v) is 6.21. The Balaban J connectivity index is 1.84. The van der Waals surface area contributed by atoms with Crippen molar-refractivity contribution in [3.63, 3.8) is 0 Å². The van der Waals surface area contributed by atoms with Crippen molar-refractivity contribution >= 4 is 33.6 Å². The van der Waals surface area contributed by atoms with Crippen LogP contribution in [0.5, 0.6) is 0 Å². The van der Waals surface area contributed by atoms with Crippen molar-refractivity contribution in [1.82, 2.24) is 15.4 Å². The van der Waals surface area contributed by atoms with Gasteiger partial charge in [0.05, 0.1) is 24.0 Å². The van der Waals surface area contributed by atoms with Gasteiger partial charge in [-0.2, -0.15) is 13.2 Å². The highest BCUT2D eigenvalue weighted by molar-refractivity contribution is 7.99. The molecule has 45 heavy (non-hydrogen) atoms. The molecule has 0 fully saturated rings. The average Bonchev–Trinajstić information content (AvgIpc) is 2.94. The summed E-state index contributed by atoms with van der Waals surface area (Å²) >= 11 is 1.01. The van der Waals surface area contributed by atoms with Gasteiger partial charge < -0.3 is 15.7 Å². The van der Waals surface area contributed by atoms with Crippen LogP contribution in [0, 0.1) is 0 Å². The Kier molecular flexibility index (Phi) is 12.2. The lowest BCUT2D eigenvalue weighted by Crippen LogP contribution is -2.54. The van der Waals surface area contributed by atoms with Gasteiger partial charge in [0.15, 0.2) is 0 Å². The van der Waals surface area contributed by atoms with Crippen LogP contribution in [-0.2, 0) is 33.8 Å². The summed E-state index contributed by atoms with van der Waals surface area (Å²) in [6.45, 7) is 5.56. The first-order valence-electron chi connectivity index (χ1n) is 14.1. The molecule has 0 bridgehead atoms. The number of halogens is 3. The summed E-state index contributed by atoms with van der Waals surface area (Å²) < 4.78 is 65.5. The Labute approximate surface area is 266 Å². The lowest BCUT2D eigenvalue weighted by atomic mass is 9.93. The molecule has 0 aliphatic rings. The highest BCUT2D eigenvalue weighted by atomic mass is 32.2. The number of benzene rings is 3. The zero-order valence-corrected chi connectivity index (χ0v) is 27.0. The fourth-order valence-electron chi connectivity index (χ4n) is 4.47. The quantitative estimate of drug-likeness (QED) is 0.198. The lowest BCUT2D eigenvalue weighted by Gasteiger charge is -2.28. The zero-order chi connectivity index (χ0) is 33.4. The minimum absolute atomic E-state index is 0.00991. The second kappa shape index (κ2) is 15.3. The molecule has 8 nitrogen and oxygen atoms in total. The first kappa shape index (κ1) is 36.1. The van der Waals surface area contributed by atoms with Gasteiger partial charge in [-0.05, 0) is 68.7 Å². The number of amides is 2. The molecule has 0 aliphatic carbocycles. The second-order valence-corrected chi connectivity index (χ2v) is 14.6. The maximum absolute atomic E-state index is 13.5. The predicted molar refractivity (Wildman–Crippen MR) is 169 cm³/mol. The number of aliphatic hydroxyl groups excluding tert-OH is 1. The Hall–Kier alpha value is -3.39. The van der Waals surface area contributed by atoms with Gasteiger partial charge in [0.25, 0.3) is 5.91 Å². The number of thioether (sulfide) groups is 1. The van der Waals surface area contributed by atoms with Gasteiger partial charge >= 0.3 is 6.18 Å². The van der Waals surface area contributed by atoms with E-state index in [4.69, 9.17) is 0 Å². The molecule has 0 saturated carbocycles. The maximum Gasteiger partial charge on any atom is 0.416 e. The van der Waals surface area contributed by atoms with Crippen molar-refractivity contribution in [3.8, 4) is 0 Å². The molecule has 3 aromatic rings. The van der Waals surface area contributed by atoms with E-state index in [2.05, 4.69) is 15.4 Å². The fraction of sp³-hybridized carbons (Fsp3) is 0.375. The van der Waals surface area contributed by atoms with Gasteiger partial charge in [-0.1, -0.05) is 48.5 Å². The molecule has 3 rings (SSSR count). The summed E-state index contributed by atoms with van der Waals surface area (Å²) in [6, 6.07) is 18.0. The van der Waals surface area contributed by atoms with Crippen LogP contribution in [0.3, 0.4) is 0 Å². The van der Waals surface area contributed by atoms with Gasteiger partial charge in [-0.25, -0.2) is 13.1 Å². The average molecular weight is 666 g/mol. The molecule has 0 unspecified atom stereocenters. The molecule has 0 aromatic heterocycles. The number of carbonyl (C=O) groups excluding carboxylic acids is 2. The third-order valence-electron chi connectivity index (χ3n) is 6.54. The lowest BCUT2D eigenvalue weighted by molar-refractivity contribution is -0.137. The number of hydrogen-bond donors (Lipinski definition) is 4. The molecule has 3 atom stereocenters. The molecule has 0 heterocycles. The van der Waals surface area contributed by atoms with Crippen LogP contribution in [0.4, 0.5) is 13.2 Å². The number of nitrogens with one attached hydrogen (secondary N) is 3. The number of rotatable bonds is 13. The Morgan fingerprint density at radius 3 is 2.07 bits per heavy atom. The first-order valence-corrected chi connectivity index (χ1v) is 17.0. The van der Waals surface area contributed by atoms with Crippen LogP contribution in [0.2, 0.25) is 0 Å². The molecule has 0 spiro atoms. The molecule has 0 radical (unpaired) electrons. The van der Waals surface area contributed by atoms with Crippen molar-refractivity contribution in [2.45, 2.75) is 68.4 Å². The van der Waals surface area contributed by atoms with Crippen molar-refractivity contribution in [3.05, 3.63) is 101 Å². The standard InChI is InChI=1S/C32H38F3N3O5S2/c1-31(2,3)37-29(40)25-13-9-8-12-22(25)19-28(39)26(18-21-10-6-5-7-11-21)36-30(41)27(38-45(4,42)43)20-44-24-16-14-23(15-17-24)32(33,34)35/h5-17,26-28,38-39H,18-20H2,1-4H3,(H,36,41)(H,37,40)/t26-,27+,28+/m0/s1. The molecule has 2 amide bonds. The SMILES string of the molecule is CC(C)(C)NC(=O)c1ccccc1C[C@@H](O)[C@H](Cc1ccccc1)NC(=O)[C@@H](CSc1ccc(C(F)(F)F)cc1)NS(C)(=O)=O. The summed E-state index contributed by atoms with van der Waals surface area (Å²) in [5.41, 5.74) is 0.411. The number of alkyl halides is 3. The Morgan fingerprint density at radius 1 is 0.889 bits per heavy atom. The minimum Gasteiger partial charge on any atom is -0.391 e. The van der Waals surface area contributed by atoms with Crippen LogP contribution < -0.4 is 15.4 Å². The van der Waals surface area contributed by atoms with E-state index in [1.165, 1.54) is 12.1 Å². The third kappa shape index (κ3) is 12.1. The van der Waals surface area contributed by atoms with Gasteiger partial charge in [-0.3, -0.25) is 9.59 Å². The summed E-state index contributed by atoms with van der Waals surface area (Å²) in [6.07, 6.45) is -4.59. The topological polar surface area (TPSA) is 125 Å². The molecule has 13 heteroatoms. The molecule has 244 valence electrons. The summed E-state index contributed by atoms with van der Waals surface area (Å²) in [5.74, 6) is -1.17. The molecule has 4 N–H and O–H groups in total. The summed E-state index contributed by atoms with van der Waals surface area (Å²) in [4.78, 5) is 26.9. The molecule has 0 saturated heterocycles. The molecule has 0 aliphatic heterocycles. The maximum atomic E-state index is 13.5. The Bertz CT molecular complexity index is 1540. The monoisotopic (exact) mass is 665 g/mol. The van der Waals surface area contributed by atoms with E-state index in [1.54, 1.807) is 36.4 Å². The first-order chi connectivity index (χ1) is 20.9. The van der Waals surface area contributed by atoms with E-state index in [0.717, 1.165) is 35.7 Å². The van der Waals surface area contributed by atoms with E-state index in [0.29, 0.717) is 16.0 Å². The predicted octanol–water partition coefficient (Wildman–Crippen LogP) is 4.57. The number of aliphatic hydroxyl groups is 1. The van der Waals surface area contributed by atoms with Crippen LogP contribution in [0.25, 0.3) is 0 Å². The number of hydrogen-bond acceptors (Lipinski definition) is 6. The Morgan fingerprint density at radius 2 is 1.49 bits per heavy atom. The van der Waals surface area contributed by atoms with E-state index in [9.17, 15) is 36.3 Å². The van der Waals surface area contributed by atoms with Crippen molar-refractivity contribution in [1.29, 1.82) is 0 Å². The minimum atomic E-state index is -4.50. The number of sulfonamides is 1. The normalized spacial score (nSPS) is 14.3. The summed E-state index contributed by atoms with van der Waals surface area (Å²) in [7, 11) is -3.87. The zero-order valence-electron chi connectivity index (χ0n) is 25.4. The van der Waals surface area contributed by atoms with Gasteiger partial charge in [0.1, 0.15) is 6.04 Å². The smallest absolute Gasteiger partial charge is 0.391 e. The van der Waals surface area contributed by atoms with Crippen LogP contribution in [-0.4, -0.2) is 61.1 Å². The van der Waals surface area contributed by atoms with Crippen LogP contribution in [0.15, 0.2) is 83.8 Å². The number of carbonyl (C=O) groups is 2. The van der Waals surface area contributed by atoms with Gasteiger partial charge in [0, 0.05) is 28.2 Å². The van der Waals surface area contributed by atoms with Gasteiger partial charge in [0.2, 0.25) is 15.9 Å². The van der Waals surface area contributed by atoms with Crippen molar-refractivity contribution in [2.75, 3.05) is 12.0 Å². The molecule has 3 aromatic carbocycles. The van der Waals surface area contributed by atoms with Crippen molar-refractivity contribution in [2.24, 2.45) is 0 Å². The summed E-state index contributed by atoms with van der Waals surface area (Å²) in [5, 5.41) is 17.1. The van der Waals surface area contributed by atoms with E-state index < -0.39 is 51.4 Å². The van der Waals surface area contributed by atoms with Crippen LogP contribution in [0.1, 0.15) is 47.8 Å². The second-order valence-electron chi connectivity index (χ2n) is 11.7. The largest absolute Gasteiger partial charge is 0.416 e. The van der Waals surface area contributed by atoms with E-state index >= 15 is 0 Å². The highest BCUT2D eigenvalue weighted by Gasteiger charge is 2.31. The van der Waals surface area contributed by atoms with E-state index in [-0.39, 0.29) is 24.5 Å². The third-order valence-corrected chi connectivity index (χ3v) is 8.36. The van der Waals surface area contributed by atoms with Crippen LogP contribution >= 0.6 is 11.8 Å². The molecular formula is C32H38F3N3O5S2.